The van der Waals surface area contributed by atoms with Gasteiger partial charge < -0.3 is 15.5 Å². The minimum atomic E-state index is -0.401. The normalized spacial score (nSPS) is 18.4. The number of para-hydroxylation sites is 1. The first-order valence-electron chi connectivity index (χ1n) is 11.5. The summed E-state index contributed by atoms with van der Waals surface area (Å²) in [4.78, 5) is 39.7. The fourth-order valence-electron chi connectivity index (χ4n) is 4.24. The average Bonchev–Trinajstić information content (AvgIpc) is 3.35. The summed E-state index contributed by atoms with van der Waals surface area (Å²) < 4.78 is 0. The van der Waals surface area contributed by atoms with Crippen LogP contribution in [-0.2, 0) is 4.79 Å². The van der Waals surface area contributed by atoms with Crippen LogP contribution in [0.25, 0.3) is 0 Å². The van der Waals surface area contributed by atoms with Crippen molar-refractivity contribution in [1.82, 2.24) is 20.4 Å². The highest BCUT2D eigenvalue weighted by atomic mass is 32.1. The Morgan fingerprint density at radius 1 is 1.06 bits per heavy atom. The van der Waals surface area contributed by atoms with Crippen molar-refractivity contribution in [3.05, 3.63) is 52.0 Å². The van der Waals surface area contributed by atoms with Crippen LogP contribution in [0.4, 0.5) is 5.69 Å². The van der Waals surface area contributed by atoms with Crippen LogP contribution >= 0.6 is 11.3 Å². The van der Waals surface area contributed by atoms with Gasteiger partial charge in [-0.3, -0.25) is 14.4 Å². The SMILES string of the molecule is O=C(Nc1ccccc1)c1nnc(C(=O)N2CCC[C@H](C(=O)NCCC3=CCCCC3)C2)s1. The Kier molecular flexibility index (Phi) is 7.83. The number of hydrogen-bond acceptors (Lipinski definition) is 6. The third-order valence-corrected chi connectivity index (χ3v) is 6.95. The van der Waals surface area contributed by atoms with Crippen LogP contribution in [-0.4, -0.2) is 52.5 Å². The van der Waals surface area contributed by atoms with E-state index in [-0.39, 0.29) is 27.7 Å². The van der Waals surface area contributed by atoms with E-state index in [0.29, 0.717) is 25.3 Å². The Bertz CT molecular complexity index is 1020. The molecule has 2 aliphatic rings. The summed E-state index contributed by atoms with van der Waals surface area (Å²) >= 11 is 0.969. The first-order valence-corrected chi connectivity index (χ1v) is 12.4. The molecule has 0 radical (unpaired) electrons. The van der Waals surface area contributed by atoms with E-state index in [1.165, 1.54) is 18.4 Å². The van der Waals surface area contributed by atoms with E-state index in [4.69, 9.17) is 0 Å². The largest absolute Gasteiger partial charge is 0.355 e. The minimum absolute atomic E-state index is 0.00380. The van der Waals surface area contributed by atoms with Gasteiger partial charge in [0.25, 0.3) is 11.8 Å². The van der Waals surface area contributed by atoms with Gasteiger partial charge in [0.2, 0.25) is 15.9 Å². The predicted molar refractivity (Wildman–Crippen MR) is 127 cm³/mol. The van der Waals surface area contributed by atoms with Gasteiger partial charge in [0.05, 0.1) is 5.92 Å². The number of hydrogen-bond donors (Lipinski definition) is 2. The highest BCUT2D eigenvalue weighted by Crippen LogP contribution is 2.22. The van der Waals surface area contributed by atoms with E-state index < -0.39 is 5.91 Å². The Morgan fingerprint density at radius 3 is 2.67 bits per heavy atom. The monoisotopic (exact) mass is 467 g/mol. The Balaban J connectivity index is 1.29. The molecule has 1 saturated heterocycles. The lowest BCUT2D eigenvalue weighted by Gasteiger charge is -2.31. The van der Waals surface area contributed by atoms with Crippen molar-refractivity contribution in [1.29, 1.82) is 0 Å². The summed E-state index contributed by atoms with van der Waals surface area (Å²) in [6, 6.07) is 9.05. The predicted octanol–water partition coefficient (Wildman–Crippen LogP) is 3.65. The Morgan fingerprint density at radius 2 is 1.88 bits per heavy atom. The van der Waals surface area contributed by atoms with Gasteiger partial charge >= 0.3 is 0 Å². The van der Waals surface area contributed by atoms with E-state index in [1.54, 1.807) is 17.0 Å². The molecule has 2 heterocycles. The summed E-state index contributed by atoms with van der Waals surface area (Å²) in [5.41, 5.74) is 2.08. The average molecular weight is 468 g/mol. The number of benzene rings is 1. The van der Waals surface area contributed by atoms with Crippen molar-refractivity contribution in [3.63, 3.8) is 0 Å². The zero-order chi connectivity index (χ0) is 23.0. The second-order valence-corrected chi connectivity index (χ2v) is 9.45. The number of anilines is 1. The van der Waals surface area contributed by atoms with Crippen LogP contribution in [0.1, 0.15) is 64.6 Å². The fourth-order valence-corrected chi connectivity index (χ4v) is 4.95. The summed E-state index contributed by atoms with van der Waals surface area (Å²) in [5, 5.41) is 13.9. The molecule has 2 N–H and O–H groups in total. The summed E-state index contributed by atoms with van der Waals surface area (Å²) in [5.74, 6) is -0.904. The first kappa shape index (κ1) is 23.1. The number of carbonyl (C=O) groups excluding carboxylic acids is 3. The molecule has 2 aromatic rings. The van der Waals surface area contributed by atoms with Gasteiger partial charge in [-0.25, -0.2) is 0 Å². The maximum Gasteiger partial charge on any atom is 0.286 e. The van der Waals surface area contributed by atoms with Crippen molar-refractivity contribution >= 4 is 34.7 Å². The van der Waals surface area contributed by atoms with Gasteiger partial charge in [-0.05, 0) is 57.1 Å². The lowest BCUT2D eigenvalue weighted by Crippen LogP contribution is -2.45. The van der Waals surface area contributed by atoms with E-state index in [0.717, 1.165) is 43.4 Å². The van der Waals surface area contributed by atoms with Crippen LogP contribution in [0.5, 0.6) is 0 Å². The maximum absolute atomic E-state index is 12.9. The summed E-state index contributed by atoms with van der Waals surface area (Å²) in [6.45, 7) is 1.57. The van der Waals surface area contributed by atoms with E-state index in [1.807, 2.05) is 18.2 Å². The number of carbonyl (C=O) groups is 3. The molecule has 0 bridgehead atoms. The van der Waals surface area contributed by atoms with Gasteiger partial charge in [-0.15, -0.1) is 10.2 Å². The molecule has 4 rings (SSSR count). The zero-order valence-corrected chi connectivity index (χ0v) is 19.4. The standard InChI is InChI=1S/C24H29N5O3S/c30-20(25-14-13-17-8-3-1-4-9-17)18-10-7-15-29(16-18)24(32)23-28-27-22(33-23)21(31)26-19-11-5-2-6-12-19/h2,5-6,8,11-12,18H,1,3-4,7,9-10,13-16H2,(H,25,30)(H,26,31)/t18-/m0/s1. The molecule has 1 aliphatic carbocycles. The molecule has 1 aromatic carbocycles. The van der Waals surface area contributed by atoms with Crippen LogP contribution in [0.2, 0.25) is 0 Å². The van der Waals surface area contributed by atoms with Gasteiger partial charge in [0.15, 0.2) is 0 Å². The highest BCUT2D eigenvalue weighted by Gasteiger charge is 2.30. The van der Waals surface area contributed by atoms with Gasteiger partial charge in [-0.1, -0.05) is 41.2 Å². The molecule has 9 heteroatoms. The number of amides is 3. The Hall–Kier alpha value is -3.07. The molecule has 0 unspecified atom stereocenters. The summed E-state index contributed by atoms with van der Waals surface area (Å²) in [7, 11) is 0. The molecule has 0 spiro atoms. The smallest absolute Gasteiger partial charge is 0.286 e. The zero-order valence-electron chi connectivity index (χ0n) is 18.6. The molecular formula is C24H29N5O3S. The lowest BCUT2D eigenvalue weighted by atomic mass is 9.96. The van der Waals surface area contributed by atoms with Crippen molar-refractivity contribution in [2.45, 2.75) is 44.9 Å². The molecule has 1 atom stereocenters. The lowest BCUT2D eigenvalue weighted by molar-refractivity contribution is -0.126. The molecule has 3 amide bonds. The van der Waals surface area contributed by atoms with E-state index in [2.05, 4.69) is 26.9 Å². The molecule has 1 fully saturated rings. The number of nitrogens with zero attached hydrogens (tertiary/aromatic N) is 3. The Labute approximate surface area is 197 Å². The highest BCUT2D eigenvalue weighted by molar-refractivity contribution is 7.15. The summed E-state index contributed by atoms with van der Waals surface area (Å²) in [6.07, 6.45) is 9.50. The number of piperidine rings is 1. The second kappa shape index (κ2) is 11.2. The molecule has 1 aromatic heterocycles. The molecule has 0 saturated carbocycles. The fraction of sp³-hybridized carbons (Fsp3) is 0.458. The first-order chi connectivity index (χ1) is 16.1. The van der Waals surface area contributed by atoms with Gasteiger partial charge in [-0.2, -0.15) is 0 Å². The quantitative estimate of drug-likeness (QED) is 0.605. The maximum atomic E-state index is 12.9. The van der Waals surface area contributed by atoms with Crippen molar-refractivity contribution in [3.8, 4) is 0 Å². The molecule has 1 aliphatic heterocycles. The van der Waals surface area contributed by atoms with Gasteiger partial charge in [0.1, 0.15) is 0 Å². The van der Waals surface area contributed by atoms with Crippen molar-refractivity contribution in [2.75, 3.05) is 25.0 Å². The van der Waals surface area contributed by atoms with Crippen LogP contribution in [0.15, 0.2) is 42.0 Å². The number of nitrogens with one attached hydrogen (secondary N) is 2. The third kappa shape index (κ3) is 6.25. The number of allylic oxidation sites excluding steroid dienone is 1. The minimum Gasteiger partial charge on any atom is -0.355 e. The van der Waals surface area contributed by atoms with Crippen molar-refractivity contribution in [2.24, 2.45) is 5.92 Å². The second-order valence-electron chi connectivity index (χ2n) is 8.47. The number of likely N-dealkylation sites (tertiary alicyclic amines) is 1. The van der Waals surface area contributed by atoms with Crippen molar-refractivity contribution < 1.29 is 14.4 Å². The van der Waals surface area contributed by atoms with Crippen LogP contribution < -0.4 is 10.6 Å². The number of aromatic nitrogens is 2. The van der Waals surface area contributed by atoms with Gasteiger partial charge in [0, 0.05) is 25.3 Å². The van der Waals surface area contributed by atoms with E-state index >= 15 is 0 Å². The van der Waals surface area contributed by atoms with E-state index in [9.17, 15) is 14.4 Å². The molecular weight excluding hydrogens is 438 g/mol. The molecule has 174 valence electrons. The topological polar surface area (TPSA) is 104 Å². The number of rotatable bonds is 7. The molecule has 8 nitrogen and oxygen atoms in total. The van der Waals surface area contributed by atoms with Crippen LogP contribution in [0, 0.1) is 5.92 Å². The third-order valence-electron chi connectivity index (χ3n) is 6.04. The van der Waals surface area contributed by atoms with Crippen LogP contribution in [0.3, 0.4) is 0 Å². The molecule has 33 heavy (non-hydrogen) atoms.